The van der Waals surface area contributed by atoms with Gasteiger partial charge in [0.15, 0.2) is 0 Å². The highest BCUT2D eigenvalue weighted by atomic mass is 15.0. The van der Waals surface area contributed by atoms with Gasteiger partial charge in [0.05, 0.1) is 5.69 Å². The van der Waals surface area contributed by atoms with E-state index in [1.165, 1.54) is 11.3 Å². The summed E-state index contributed by atoms with van der Waals surface area (Å²) in [6.07, 6.45) is 5.23. The van der Waals surface area contributed by atoms with E-state index in [2.05, 4.69) is 54.7 Å². The average Bonchev–Trinajstić information content (AvgIpc) is 2.60. The molecule has 2 aromatic rings. The Bertz CT molecular complexity index is 441. The summed E-state index contributed by atoms with van der Waals surface area (Å²) in [4.78, 5) is 4.65. The minimum atomic E-state index is 0.500. The number of hydrogen-bond donors (Lipinski definition) is 0. The van der Waals surface area contributed by atoms with Crippen LogP contribution in [0.15, 0.2) is 24.5 Å². The highest BCUT2D eigenvalue weighted by molar-refractivity contribution is 5.49. The van der Waals surface area contributed by atoms with Crippen LogP contribution in [0, 0.1) is 0 Å². The van der Waals surface area contributed by atoms with Crippen molar-refractivity contribution in [1.29, 1.82) is 0 Å². The molecule has 2 aromatic heterocycles. The zero-order chi connectivity index (χ0) is 10.1. The van der Waals surface area contributed by atoms with E-state index in [0.717, 1.165) is 12.1 Å². The maximum Gasteiger partial charge on any atom is 0.140 e. The largest absolute Gasteiger partial charge is 0.307 e. The second-order valence-electron chi connectivity index (χ2n) is 3.94. The fraction of sp³-hybridized carbons (Fsp3) is 0.417. The van der Waals surface area contributed by atoms with Crippen LogP contribution in [0.1, 0.15) is 37.9 Å². The van der Waals surface area contributed by atoms with Crippen LogP contribution in [-0.2, 0) is 6.42 Å². The summed E-state index contributed by atoms with van der Waals surface area (Å²) in [6, 6.07) is 4.23. The summed E-state index contributed by atoms with van der Waals surface area (Å²) in [5.74, 6) is 0.500. The van der Waals surface area contributed by atoms with Crippen molar-refractivity contribution in [1.82, 2.24) is 9.38 Å². The van der Waals surface area contributed by atoms with Gasteiger partial charge in [-0.2, -0.15) is 0 Å². The Balaban J connectivity index is 2.64. The summed E-state index contributed by atoms with van der Waals surface area (Å²) < 4.78 is 2.12. The normalized spacial score (nSPS) is 11.4. The molecule has 0 amide bonds. The molecule has 0 atom stereocenters. The van der Waals surface area contributed by atoms with E-state index in [0.29, 0.717) is 5.92 Å². The Labute approximate surface area is 84.6 Å². The lowest BCUT2D eigenvalue weighted by atomic mass is 10.2. The molecule has 0 aliphatic heterocycles. The van der Waals surface area contributed by atoms with Crippen LogP contribution < -0.4 is 0 Å². The average molecular weight is 188 g/mol. The summed E-state index contributed by atoms with van der Waals surface area (Å²) in [5.41, 5.74) is 3.60. The third-order valence-corrected chi connectivity index (χ3v) is 2.55. The molecule has 0 unspecified atom stereocenters. The van der Waals surface area contributed by atoms with Gasteiger partial charge in [0.2, 0.25) is 0 Å². The summed E-state index contributed by atoms with van der Waals surface area (Å²) in [7, 11) is 0. The first-order valence-corrected chi connectivity index (χ1v) is 5.19. The summed E-state index contributed by atoms with van der Waals surface area (Å²) in [6.45, 7) is 6.51. The SMILES string of the molecule is CCc1cccn2cc(C(C)C)nc12. The van der Waals surface area contributed by atoms with Crippen LogP contribution in [0.4, 0.5) is 0 Å². The molecule has 14 heavy (non-hydrogen) atoms. The third kappa shape index (κ3) is 1.41. The van der Waals surface area contributed by atoms with Crippen LogP contribution in [0.25, 0.3) is 5.65 Å². The molecule has 0 aliphatic carbocycles. The number of pyridine rings is 1. The van der Waals surface area contributed by atoms with Crippen molar-refractivity contribution in [2.45, 2.75) is 33.1 Å². The predicted molar refractivity (Wildman–Crippen MR) is 58.7 cm³/mol. The van der Waals surface area contributed by atoms with Crippen molar-refractivity contribution < 1.29 is 0 Å². The lowest BCUT2D eigenvalue weighted by Gasteiger charge is -1.98. The van der Waals surface area contributed by atoms with E-state index in [1.807, 2.05) is 0 Å². The molecule has 2 heterocycles. The third-order valence-electron chi connectivity index (χ3n) is 2.55. The number of nitrogens with zero attached hydrogens (tertiary/aromatic N) is 2. The van der Waals surface area contributed by atoms with Gasteiger partial charge >= 0.3 is 0 Å². The highest BCUT2D eigenvalue weighted by Gasteiger charge is 2.07. The summed E-state index contributed by atoms with van der Waals surface area (Å²) in [5, 5.41) is 0. The van der Waals surface area contributed by atoms with E-state index in [4.69, 9.17) is 0 Å². The van der Waals surface area contributed by atoms with E-state index in [9.17, 15) is 0 Å². The van der Waals surface area contributed by atoms with Crippen molar-refractivity contribution in [2.75, 3.05) is 0 Å². The van der Waals surface area contributed by atoms with Gasteiger partial charge in [0, 0.05) is 12.4 Å². The number of aromatic nitrogens is 2. The lowest BCUT2D eigenvalue weighted by molar-refractivity contribution is 0.834. The first-order valence-electron chi connectivity index (χ1n) is 5.19. The van der Waals surface area contributed by atoms with Crippen molar-refractivity contribution >= 4 is 5.65 Å². The quantitative estimate of drug-likeness (QED) is 0.708. The van der Waals surface area contributed by atoms with Crippen LogP contribution in [0.3, 0.4) is 0 Å². The van der Waals surface area contributed by atoms with Crippen molar-refractivity contribution in [3.8, 4) is 0 Å². The Morgan fingerprint density at radius 2 is 2.21 bits per heavy atom. The fourth-order valence-electron chi connectivity index (χ4n) is 1.64. The molecule has 0 saturated heterocycles. The van der Waals surface area contributed by atoms with Crippen LogP contribution in [0.2, 0.25) is 0 Å². The molecule has 74 valence electrons. The van der Waals surface area contributed by atoms with Crippen LogP contribution in [-0.4, -0.2) is 9.38 Å². The zero-order valence-electron chi connectivity index (χ0n) is 8.99. The van der Waals surface area contributed by atoms with Crippen molar-refractivity contribution in [3.63, 3.8) is 0 Å². The Hall–Kier alpha value is -1.31. The molecule has 0 bridgehead atoms. The summed E-state index contributed by atoms with van der Waals surface area (Å²) >= 11 is 0. The monoisotopic (exact) mass is 188 g/mol. The van der Waals surface area contributed by atoms with Gasteiger partial charge in [-0.25, -0.2) is 4.98 Å². The molecule has 0 radical (unpaired) electrons. The molecule has 0 aromatic carbocycles. The van der Waals surface area contributed by atoms with E-state index in [1.54, 1.807) is 0 Å². The second-order valence-corrected chi connectivity index (χ2v) is 3.94. The Morgan fingerprint density at radius 1 is 1.43 bits per heavy atom. The smallest absolute Gasteiger partial charge is 0.140 e. The number of hydrogen-bond acceptors (Lipinski definition) is 1. The molecule has 2 nitrogen and oxygen atoms in total. The van der Waals surface area contributed by atoms with Gasteiger partial charge in [-0.3, -0.25) is 0 Å². The topological polar surface area (TPSA) is 17.3 Å². The molecule has 2 rings (SSSR count). The minimum Gasteiger partial charge on any atom is -0.307 e. The van der Waals surface area contributed by atoms with Crippen LogP contribution in [0.5, 0.6) is 0 Å². The highest BCUT2D eigenvalue weighted by Crippen LogP contribution is 2.17. The molecule has 0 fully saturated rings. The van der Waals surface area contributed by atoms with Gasteiger partial charge in [-0.15, -0.1) is 0 Å². The molecular weight excluding hydrogens is 172 g/mol. The number of imidazole rings is 1. The maximum absolute atomic E-state index is 4.65. The molecule has 0 aliphatic rings. The van der Waals surface area contributed by atoms with E-state index < -0.39 is 0 Å². The Morgan fingerprint density at radius 3 is 2.86 bits per heavy atom. The van der Waals surface area contributed by atoms with Gasteiger partial charge in [-0.05, 0) is 24.0 Å². The van der Waals surface area contributed by atoms with Gasteiger partial charge in [0.1, 0.15) is 5.65 Å². The fourth-order valence-corrected chi connectivity index (χ4v) is 1.64. The molecule has 0 N–H and O–H groups in total. The molecule has 0 spiro atoms. The minimum absolute atomic E-state index is 0.500. The van der Waals surface area contributed by atoms with Crippen LogP contribution >= 0.6 is 0 Å². The van der Waals surface area contributed by atoms with E-state index >= 15 is 0 Å². The second kappa shape index (κ2) is 3.45. The van der Waals surface area contributed by atoms with E-state index in [-0.39, 0.29) is 0 Å². The lowest BCUT2D eigenvalue weighted by Crippen LogP contribution is -1.88. The Kier molecular flexibility index (Phi) is 2.28. The number of fused-ring (bicyclic) bond motifs is 1. The number of rotatable bonds is 2. The van der Waals surface area contributed by atoms with Crippen molar-refractivity contribution in [2.24, 2.45) is 0 Å². The molecular formula is C12H16N2. The number of aryl methyl sites for hydroxylation is 1. The van der Waals surface area contributed by atoms with Gasteiger partial charge < -0.3 is 4.40 Å². The molecule has 2 heteroatoms. The first kappa shape index (κ1) is 9.25. The standard InChI is InChI=1S/C12H16N2/c1-4-10-6-5-7-14-8-11(9(2)3)13-12(10)14/h5-9H,4H2,1-3H3. The zero-order valence-corrected chi connectivity index (χ0v) is 8.99. The molecule has 0 saturated carbocycles. The van der Waals surface area contributed by atoms with Crippen molar-refractivity contribution in [3.05, 3.63) is 35.8 Å². The predicted octanol–water partition coefficient (Wildman–Crippen LogP) is 3.02. The first-order chi connectivity index (χ1) is 6.72. The van der Waals surface area contributed by atoms with Gasteiger partial charge in [0.25, 0.3) is 0 Å². The maximum atomic E-state index is 4.65. The van der Waals surface area contributed by atoms with Gasteiger partial charge in [-0.1, -0.05) is 26.8 Å².